The van der Waals surface area contributed by atoms with Crippen molar-refractivity contribution in [1.82, 2.24) is 0 Å². The average Bonchev–Trinajstić information content (AvgIpc) is 2.25. The van der Waals surface area contributed by atoms with E-state index < -0.39 is 17.6 Å². The van der Waals surface area contributed by atoms with Gasteiger partial charge in [-0.15, -0.1) is 11.6 Å². The van der Waals surface area contributed by atoms with E-state index in [0.717, 1.165) is 12.1 Å². The van der Waals surface area contributed by atoms with Gasteiger partial charge in [0.05, 0.1) is 5.56 Å². The number of rotatable bonds is 4. The van der Waals surface area contributed by atoms with E-state index >= 15 is 0 Å². The first-order valence-electron chi connectivity index (χ1n) is 4.76. The maximum absolute atomic E-state index is 12.9. The lowest BCUT2D eigenvalue weighted by Crippen LogP contribution is -2.09. The molecule has 1 N–H and O–H groups in total. The van der Waals surface area contributed by atoms with Gasteiger partial charge in [0.15, 0.2) is 0 Å². The van der Waals surface area contributed by atoms with Crippen molar-refractivity contribution in [2.24, 2.45) is 0 Å². The predicted molar refractivity (Wildman–Crippen MR) is 59.8 cm³/mol. The molecule has 1 nitrogen and oxygen atoms in total. The highest BCUT2D eigenvalue weighted by atomic mass is 35.5. The molecule has 1 aromatic carbocycles. The van der Waals surface area contributed by atoms with Crippen molar-refractivity contribution in [3.63, 3.8) is 0 Å². The zero-order valence-corrected chi connectivity index (χ0v) is 9.45. The molecule has 17 heavy (non-hydrogen) atoms. The van der Waals surface area contributed by atoms with E-state index in [1.807, 2.05) is 0 Å². The van der Waals surface area contributed by atoms with Gasteiger partial charge in [0, 0.05) is 18.1 Å². The van der Waals surface area contributed by atoms with Gasteiger partial charge in [0.25, 0.3) is 0 Å². The van der Waals surface area contributed by atoms with Gasteiger partial charge in [-0.2, -0.15) is 13.2 Å². The topological polar surface area (TPSA) is 12.0 Å². The van der Waals surface area contributed by atoms with Gasteiger partial charge in [0.2, 0.25) is 0 Å². The molecule has 0 aliphatic carbocycles. The lowest BCUT2D eigenvalue weighted by molar-refractivity contribution is -0.139. The number of benzene rings is 1. The first-order chi connectivity index (χ1) is 7.95. The summed E-state index contributed by atoms with van der Waals surface area (Å²) >= 11 is 5.38. The van der Waals surface area contributed by atoms with Gasteiger partial charge in [-0.1, -0.05) is 12.2 Å². The van der Waals surface area contributed by atoms with Gasteiger partial charge < -0.3 is 5.32 Å². The summed E-state index contributed by atoms with van der Waals surface area (Å²) < 4.78 is 50.0. The molecule has 0 aliphatic heterocycles. The van der Waals surface area contributed by atoms with Crippen LogP contribution in [0.5, 0.6) is 0 Å². The molecule has 0 spiro atoms. The van der Waals surface area contributed by atoms with Gasteiger partial charge in [0.1, 0.15) is 5.82 Å². The van der Waals surface area contributed by atoms with Crippen molar-refractivity contribution in [1.29, 1.82) is 0 Å². The summed E-state index contributed by atoms with van der Waals surface area (Å²) in [5.74, 6) is -0.946. The number of alkyl halides is 4. The summed E-state index contributed by atoms with van der Waals surface area (Å²) in [7, 11) is 0. The quantitative estimate of drug-likeness (QED) is 0.493. The van der Waals surface area contributed by atoms with Crippen LogP contribution < -0.4 is 5.32 Å². The van der Waals surface area contributed by atoms with Crippen LogP contribution in [0.2, 0.25) is 0 Å². The molecular formula is C11H10ClF4N. The van der Waals surface area contributed by atoms with Crippen molar-refractivity contribution < 1.29 is 17.6 Å². The Hall–Kier alpha value is -1.23. The highest BCUT2D eigenvalue weighted by Crippen LogP contribution is 2.32. The van der Waals surface area contributed by atoms with Crippen molar-refractivity contribution >= 4 is 17.3 Å². The van der Waals surface area contributed by atoms with Crippen LogP contribution in [0, 0.1) is 5.82 Å². The van der Waals surface area contributed by atoms with E-state index in [0.29, 0.717) is 12.4 Å². The smallest absolute Gasteiger partial charge is 0.382 e. The standard InChI is InChI=1S/C11H10ClF4N/c12-5-1-2-6-17-8-3-4-10(13)9(7-8)11(14,15)16/h1-4,7,17H,5-6H2/b2-1+. The first-order valence-corrected chi connectivity index (χ1v) is 5.30. The normalized spacial score (nSPS) is 12.1. The molecule has 0 atom stereocenters. The van der Waals surface area contributed by atoms with Gasteiger partial charge in [-0.05, 0) is 18.2 Å². The summed E-state index contributed by atoms with van der Waals surface area (Å²) in [5.41, 5.74) is -1.07. The highest BCUT2D eigenvalue weighted by molar-refractivity contribution is 6.18. The second-order valence-electron chi connectivity index (χ2n) is 3.20. The molecule has 0 aliphatic rings. The molecule has 0 heterocycles. The van der Waals surface area contributed by atoms with E-state index in [2.05, 4.69) is 5.32 Å². The Balaban J connectivity index is 2.79. The second-order valence-corrected chi connectivity index (χ2v) is 3.51. The molecule has 0 saturated heterocycles. The van der Waals surface area contributed by atoms with Crippen LogP contribution in [-0.2, 0) is 6.18 Å². The van der Waals surface area contributed by atoms with Gasteiger partial charge in [-0.25, -0.2) is 4.39 Å². The van der Waals surface area contributed by atoms with E-state index in [9.17, 15) is 17.6 Å². The Morgan fingerprint density at radius 2 is 1.94 bits per heavy atom. The van der Waals surface area contributed by atoms with Crippen LogP contribution in [0.25, 0.3) is 0 Å². The molecular weight excluding hydrogens is 258 g/mol. The molecule has 0 radical (unpaired) electrons. The van der Waals surface area contributed by atoms with Crippen molar-refractivity contribution in [3.05, 3.63) is 41.7 Å². The molecule has 0 fully saturated rings. The maximum atomic E-state index is 12.9. The fourth-order valence-corrected chi connectivity index (χ4v) is 1.30. The highest BCUT2D eigenvalue weighted by Gasteiger charge is 2.34. The average molecular weight is 268 g/mol. The molecule has 94 valence electrons. The largest absolute Gasteiger partial charge is 0.419 e. The molecule has 0 saturated carbocycles. The number of halogens is 5. The van der Waals surface area contributed by atoms with Crippen molar-refractivity contribution in [2.45, 2.75) is 6.18 Å². The van der Waals surface area contributed by atoms with Gasteiger partial charge in [-0.3, -0.25) is 0 Å². The Kier molecular flexibility index (Phi) is 4.81. The number of hydrogen-bond acceptors (Lipinski definition) is 1. The Labute approximate surface area is 101 Å². The summed E-state index contributed by atoms with van der Waals surface area (Å²) in [6, 6.07) is 2.78. The van der Waals surface area contributed by atoms with Crippen molar-refractivity contribution in [2.75, 3.05) is 17.7 Å². The lowest BCUT2D eigenvalue weighted by atomic mass is 10.2. The zero-order chi connectivity index (χ0) is 12.9. The van der Waals surface area contributed by atoms with Crippen LogP contribution in [-0.4, -0.2) is 12.4 Å². The number of hydrogen-bond donors (Lipinski definition) is 1. The van der Waals surface area contributed by atoms with Crippen LogP contribution >= 0.6 is 11.6 Å². The Morgan fingerprint density at radius 1 is 1.24 bits per heavy atom. The number of allylic oxidation sites excluding steroid dienone is 1. The summed E-state index contributed by atoms with van der Waals surface area (Å²) in [4.78, 5) is 0. The van der Waals surface area contributed by atoms with Crippen LogP contribution in [0.4, 0.5) is 23.2 Å². The summed E-state index contributed by atoms with van der Waals surface area (Å²) in [5, 5.41) is 2.71. The zero-order valence-electron chi connectivity index (χ0n) is 8.69. The van der Waals surface area contributed by atoms with E-state index in [4.69, 9.17) is 11.6 Å². The van der Waals surface area contributed by atoms with Crippen LogP contribution in [0.15, 0.2) is 30.4 Å². The number of nitrogens with one attached hydrogen (secondary N) is 1. The SMILES string of the molecule is Fc1ccc(NC/C=C/CCl)cc1C(F)(F)F. The Bertz CT molecular complexity index is 401. The van der Waals surface area contributed by atoms with Crippen LogP contribution in [0.3, 0.4) is 0 Å². The maximum Gasteiger partial charge on any atom is 0.419 e. The molecule has 0 bridgehead atoms. The van der Waals surface area contributed by atoms with Crippen molar-refractivity contribution in [3.8, 4) is 0 Å². The molecule has 0 unspecified atom stereocenters. The predicted octanol–water partition coefficient (Wildman–Crippen LogP) is 4.05. The van der Waals surface area contributed by atoms with E-state index in [-0.39, 0.29) is 5.69 Å². The summed E-state index contributed by atoms with van der Waals surface area (Å²) in [6.07, 6.45) is -1.36. The number of anilines is 1. The molecule has 6 heteroatoms. The molecule has 0 aromatic heterocycles. The Morgan fingerprint density at radius 3 is 2.53 bits per heavy atom. The lowest BCUT2D eigenvalue weighted by Gasteiger charge is -2.10. The third-order valence-electron chi connectivity index (χ3n) is 1.95. The van der Waals surface area contributed by atoms with Crippen LogP contribution in [0.1, 0.15) is 5.56 Å². The third kappa shape index (κ3) is 4.26. The first kappa shape index (κ1) is 13.8. The minimum absolute atomic E-state index is 0.206. The molecule has 0 amide bonds. The second kappa shape index (κ2) is 5.91. The molecule has 1 aromatic rings. The fraction of sp³-hybridized carbons (Fsp3) is 0.273. The monoisotopic (exact) mass is 267 g/mol. The van der Waals surface area contributed by atoms with Gasteiger partial charge >= 0.3 is 6.18 Å². The minimum Gasteiger partial charge on any atom is -0.382 e. The van der Waals surface area contributed by atoms with E-state index in [1.165, 1.54) is 6.07 Å². The minimum atomic E-state index is -4.69. The molecule has 1 rings (SSSR count). The fourth-order valence-electron chi connectivity index (χ4n) is 1.18. The van der Waals surface area contributed by atoms with E-state index in [1.54, 1.807) is 12.2 Å². The summed E-state index contributed by atoms with van der Waals surface area (Å²) in [6.45, 7) is 0.329. The third-order valence-corrected chi connectivity index (χ3v) is 2.13.